The third-order valence-corrected chi connectivity index (χ3v) is 3.54. The first-order valence-corrected chi connectivity index (χ1v) is 6.52. The number of carbonyl (C=O) groups excluding carboxylic acids is 3. The van der Waals surface area contributed by atoms with E-state index in [0.29, 0.717) is 6.42 Å². The summed E-state index contributed by atoms with van der Waals surface area (Å²) in [4.78, 5) is 41.5. The maximum absolute atomic E-state index is 11.9. The van der Waals surface area contributed by atoms with Gasteiger partial charge in [-0.1, -0.05) is 6.07 Å². The van der Waals surface area contributed by atoms with E-state index >= 15 is 0 Å². The summed E-state index contributed by atoms with van der Waals surface area (Å²) in [5.74, 6) is -1.33. The molecule has 0 bridgehead atoms. The van der Waals surface area contributed by atoms with E-state index < -0.39 is 17.9 Å². The van der Waals surface area contributed by atoms with Crippen molar-refractivity contribution in [3.63, 3.8) is 0 Å². The van der Waals surface area contributed by atoms with Crippen molar-refractivity contribution in [3.05, 3.63) is 35.4 Å². The number of hydrogen-bond acceptors (Lipinski definition) is 4. The van der Waals surface area contributed by atoms with Gasteiger partial charge in [-0.2, -0.15) is 0 Å². The number of hydroxylamine groups is 1. The zero-order valence-electron chi connectivity index (χ0n) is 11.8. The van der Waals surface area contributed by atoms with Crippen molar-refractivity contribution in [1.29, 1.82) is 0 Å². The van der Waals surface area contributed by atoms with Crippen LogP contribution in [-0.2, 0) is 9.63 Å². The van der Waals surface area contributed by atoms with Crippen LogP contribution >= 0.6 is 0 Å². The van der Waals surface area contributed by atoms with Crippen LogP contribution in [0.2, 0.25) is 0 Å². The van der Waals surface area contributed by atoms with E-state index in [1.807, 2.05) is 6.92 Å². The standard InChI is InChI=1S/C14H17N3O4/c1-8-6-11(14(20)17(8)2)21-16-13(19)10-5-3-4-9(7-10)12(15)18/h3-5,7-8,11H,6H2,1-2H3,(H2,15,18)(H,16,19)/t8?,11-/m1/s1. The van der Waals surface area contributed by atoms with Crippen LogP contribution in [0.4, 0.5) is 0 Å². The van der Waals surface area contributed by atoms with Gasteiger partial charge in [-0.3, -0.25) is 19.2 Å². The second-order valence-electron chi connectivity index (χ2n) is 5.02. The van der Waals surface area contributed by atoms with Crippen LogP contribution in [0.1, 0.15) is 34.1 Å². The summed E-state index contributed by atoms with van der Waals surface area (Å²) in [7, 11) is 1.69. The second kappa shape index (κ2) is 5.92. The predicted molar refractivity (Wildman–Crippen MR) is 74.1 cm³/mol. The van der Waals surface area contributed by atoms with Crippen molar-refractivity contribution in [2.24, 2.45) is 5.73 Å². The molecular weight excluding hydrogens is 274 g/mol. The molecule has 1 fully saturated rings. The van der Waals surface area contributed by atoms with Gasteiger partial charge in [0.2, 0.25) is 5.91 Å². The van der Waals surface area contributed by atoms with Gasteiger partial charge in [-0.05, 0) is 25.1 Å². The molecule has 7 nitrogen and oxygen atoms in total. The smallest absolute Gasteiger partial charge is 0.274 e. The first-order valence-electron chi connectivity index (χ1n) is 6.52. The van der Waals surface area contributed by atoms with Gasteiger partial charge in [0, 0.05) is 30.6 Å². The van der Waals surface area contributed by atoms with Crippen LogP contribution in [0.5, 0.6) is 0 Å². The maximum Gasteiger partial charge on any atom is 0.274 e. The van der Waals surface area contributed by atoms with E-state index in [0.717, 1.165) is 0 Å². The lowest BCUT2D eigenvalue weighted by molar-refractivity contribution is -0.139. The number of nitrogens with two attached hydrogens (primary N) is 1. The fourth-order valence-electron chi connectivity index (χ4n) is 2.11. The fourth-order valence-corrected chi connectivity index (χ4v) is 2.11. The minimum atomic E-state index is -0.687. The molecule has 7 heteroatoms. The molecule has 1 unspecified atom stereocenters. The van der Waals surface area contributed by atoms with Gasteiger partial charge in [0.05, 0.1) is 0 Å². The van der Waals surface area contributed by atoms with E-state index in [1.165, 1.54) is 18.2 Å². The van der Waals surface area contributed by atoms with Gasteiger partial charge in [0.1, 0.15) is 0 Å². The summed E-state index contributed by atoms with van der Waals surface area (Å²) in [6.07, 6.45) is -0.176. The Morgan fingerprint density at radius 2 is 2.05 bits per heavy atom. The Bertz CT molecular complexity index is 587. The molecule has 0 radical (unpaired) electrons. The van der Waals surface area contributed by atoms with Gasteiger partial charge < -0.3 is 10.6 Å². The molecule has 1 heterocycles. The van der Waals surface area contributed by atoms with Gasteiger partial charge in [-0.15, -0.1) is 0 Å². The number of rotatable bonds is 4. The molecule has 1 aliphatic rings. The first kappa shape index (κ1) is 15.0. The highest BCUT2D eigenvalue weighted by Crippen LogP contribution is 2.18. The zero-order chi connectivity index (χ0) is 15.6. The van der Waals surface area contributed by atoms with Crippen molar-refractivity contribution in [2.45, 2.75) is 25.5 Å². The summed E-state index contributed by atoms with van der Waals surface area (Å²) < 4.78 is 0. The van der Waals surface area contributed by atoms with Gasteiger partial charge in [0.15, 0.2) is 6.10 Å². The van der Waals surface area contributed by atoms with Crippen LogP contribution in [0.3, 0.4) is 0 Å². The van der Waals surface area contributed by atoms with E-state index in [1.54, 1.807) is 18.0 Å². The molecule has 112 valence electrons. The molecule has 2 rings (SSSR count). The van der Waals surface area contributed by atoms with Crippen LogP contribution in [0.25, 0.3) is 0 Å². The molecular formula is C14H17N3O4. The number of carbonyl (C=O) groups is 3. The zero-order valence-corrected chi connectivity index (χ0v) is 11.8. The van der Waals surface area contributed by atoms with E-state index in [4.69, 9.17) is 10.6 Å². The number of likely N-dealkylation sites (N-methyl/N-ethyl adjacent to an activating group) is 1. The van der Waals surface area contributed by atoms with Crippen molar-refractivity contribution in [2.75, 3.05) is 7.05 Å². The number of nitrogens with one attached hydrogen (secondary N) is 1. The summed E-state index contributed by atoms with van der Waals surface area (Å²) >= 11 is 0. The highest BCUT2D eigenvalue weighted by atomic mass is 16.7. The Labute approximate surface area is 122 Å². The normalized spacial score (nSPS) is 21.4. The predicted octanol–water partition coefficient (Wildman–Crippen LogP) is 0.0661. The summed E-state index contributed by atoms with van der Waals surface area (Å²) in [6, 6.07) is 6.02. The van der Waals surface area contributed by atoms with Crippen molar-refractivity contribution < 1.29 is 19.2 Å². The quantitative estimate of drug-likeness (QED) is 0.766. The first-order chi connectivity index (χ1) is 9.90. The number of likely N-dealkylation sites (tertiary alicyclic amines) is 1. The van der Waals surface area contributed by atoms with Crippen molar-refractivity contribution >= 4 is 17.7 Å². The molecule has 0 aliphatic carbocycles. The lowest BCUT2D eigenvalue weighted by Gasteiger charge is -2.13. The number of benzene rings is 1. The summed E-state index contributed by atoms with van der Waals surface area (Å²) in [5, 5.41) is 0. The third-order valence-electron chi connectivity index (χ3n) is 3.54. The Hall–Kier alpha value is -2.41. The van der Waals surface area contributed by atoms with Gasteiger partial charge in [0.25, 0.3) is 11.8 Å². The van der Waals surface area contributed by atoms with Crippen LogP contribution < -0.4 is 11.2 Å². The number of primary amides is 1. The lowest BCUT2D eigenvalue weighted by atomic mass is 10.1. The van der Waals surface area contributed by atoms with Crippen molar-refractivity contribution in [1.82, 2.24) is 10.4 Å². The molecule has 2 atom stereocenters. The Balaban J connectivity index is 1.98. The summed E-state index contributed by atoms with van der Waals surface area (Å²) in [6.45, 7) is 1.90. The number of hydrogen-bond donors (Lipinski definition) is 2. The minimum Gasteiger partial charge on any atom is -0.366 e. The molecule has 1 aromatic carbocycles. The van der Waals surface area contributed by atoms with Crippen LogP contribution in [0, 0.1) is 0 Å². The molecule has 1 aliphatic heterocycles. The highest BCUT2D eigenvalue weighted by molar-refractivity contribution is 5.98. The molecule has 1 saturated heterocycles. The monoisotopic (exact) mass is 291 g/mol. The SMILES string of the molecule is CC1C[C@@H](ONC(=O)c2cccc(C(N)=O)c2)C(=O)N1C. The van der Waals surface area contributed by atoms with E-state index in [2.05, 4.69) is 5.48 Å². The Morgan fingerprint density at radius 1 is 1.38 bits per heavy atom. The largest absolute Gasteiger partial charge is 0.366 e. The van der Waals surface area contributed by atoms with Gasteiger partial charge in [-0.25, -0.2) is 5.48 Å². The molecule has 0 aromatic heterocycles. The molecule has 0 saturated carbocycles. The number of nitrogens with zero attached hydrogens (tertiary/aromatic N) is 1. The average molecular weight is 291 g/mol. The Morgan fingerprint density at radius 3 is 2.62 bits per heavy atom. The lowest BCUT2D eigenvalue weighted by Crippen LogP contribution is -2.35. The van der Waals surface area contributed by atoms with Crippen molar-refractivity contribution in [3.8, 4) is 0 Å². The molecule has 3 amide bonds. The topological polar surface area (TPSA) is 102 Å². The van der Waals surface area contributed by atoms with E-state index in [9.17, 15) is 14.4 Å². The molecule has 3 N–H and O–H groups in total. The van der Waals surface area contributed by atoms with Crippen LogP contribution in [0.15, 0.2) is 24.3 Å². The molecule has 21 heavy (non-hydrogen) atoms. The van der Waals surface area contributed by atoms with Crippen LogP contribution in [-0.4, -0.2) is 41.8 Å². The fraction of sp³-hybridized carbons (Fsp3) is 0.357. The molecule has 1 aromatic rings. The maximum atomic E-state index is 11.9. The van der Waals surface area contributed by atoms with E-state index in [-0.39, 0.29) is 23.1 Å². The number of amides is 3. The highest BCUT2D eigenvalue weighted by Gasteiger charge is 2.36. The Kier molecular flexibility index (Phi) is 4.23. The second-order valence-corrected chi connectivity index (χ2v) is 5.02. The average Bonchev–Trinajstić information content (AvgIpc) is 2.72. The third kappa shape index (κ3) is 3.19. The molecule has 0 spiro atoms. The summed E-state index contributed by atoms with van der Waals surface area (Å²) in [5.41, 5.74) is 7.86. The van der Waals surface area contributed by atoms with Gasteiger partial charge >= 0.3 is 0 Å². The minimum absolute atomic E-state index is 0.0672.